The van der Waals surface area contributed by atoms with Crippen molar-refractivity contribution in [2.24, 2.45) is 0 Å². The molecule has 0 bridgehead atoms. The van der Waals surface area contributed by atoms with Crippen LogP contribution >= 0.6 is 0 Å². The van der Waals surface area contributed by atoms with Gasteiger partial charge in [0, 0.05) is 6.54 Å². The van der Waals surface area contributed by atoms with Crippen LogP contribution in [0.3, 0.4) is 0 Å². The molecule has 1 aromatic carbocycles. The van der Waals surface area contributed by atoms with Gasteiger partial charge < -0.3 is 20.7 Å². The quantitative estimate of drug-likeness (QED) is 0.649. The van der Waals surface area contributed by atoms with Crippen molar-refractivity contribution >= 4 is 17.9 Å². The highest BCUT2D eigenvalue weighted by Crippen LogP contribution is 2.05. The summed E-state index contributed by atoms with van der Waals surface area (Å²) < 4.78 is 5.12. The zero-order chi connectivity index (χ0) is 17.4. The number of nitrogens with one attached hydrogen (secondary N) is 3. The summed E-state index contributed by atoms with van der Waals surface area (Å²) in [6.07, 6.45) is 1.52. The molecule has 1 unspecified atom stereocenters. The predicted molar refractivity (Wildman–Crippen MR) is 88.2 cm³/mol. The Labute approximate surface area is 141 Å². The van der Waals surface area contributed by atoms with E-state index in [1.807, 2.05) is 31.2 Å². The molecule has 3 amide bonds. The van der Waals surface area contributed by atoms with Gasteiger partial charge in [-0.1, -0.05) is 29.8 Å². The molecule has 24 heavy (non-hydrogen) atoms. The van der Waals surface area contributed by atoms with Gasteiger partial charge in [-0.2, -0.15) is 0 Å². The van der Waals surface area contributed by atoms with Gasteiger partial charge >= 0.3 is 6.09 Å². The van der Waals surface area contributed by atoms with E-state index in [1.165, 1.54) is 0 Å². The molecule has 130 valence electrons. The Morgan fingerprint density at radius 2 is 2.00 bits per heavy atom. The fraction of sp³-hybridized carbons (Fsp3) is 0.471. The van der Waals surface area contributed by atoms with Crippen LogP contribution < -0.4 is 16.0 Å². The molecule has 1 saturated heterocycles. The monoisotopic (exact) mass is 333 g/mol. The van der Waals surface area contributed by atoms with Gasteiger partial charge in [0.15, 0.2) is 0 Å². The Morgan fingerprint density at radius 1 is 1.25 bits per heavy atom. The maximum Gasteiger partial charge on any atom is 0.407 e. The standard InChI is InChI=1S/C17H23N3O4/c1-12-5-7-13(8-6-12)11-24-17(23)18-9-3-2-4-14-16(22)19-10-15(21)20-14/h5-8,14H,2-4,9-11H2,1H3,(H,18,23)(H,19,22)(H,20,21). The Bertz CT molecular complexity index is 586. The fourth-order valence-corrected chi connectivity index (χ4v) is 2.35. The van der Waals surface area contributed by atoms with Crippen LogP contribution in [-0.2, 0) is 20.9 Å². The van der Waals surface area contributed by atoms with Crippen LogP contribution in [0.5, 0.6) is 0 Å². The average Bonchev–Trinajstić information content (AvgIpc) is 2.57. The molecule has 7 nitrogen and oxygen atoms in total. The number of hydrogen-bond acceptors (Lipinski definition) is 4. The minimum atomic E-state index is -0.472. The number of benzene rings is 1. The maximum atomic E-state index is 11.6. The van der Waals surface area contributed by atoms with Gasteiger partial charge in [-0.05, 0) is 31.7 Å². The normalized spacial score (nSPS) is 17.0. The summed E-state index contributed by atoms with van der Waals surface area (Å²) >= 11 is 0. The first kappa shape index (κ1) is 17.8. The van der Waals surface area contributed by atoms with E-state index in [1.54, 1.807) is 0 Å². The zero-order valence-electron chi connectivity index (χ0n) is 13.8. The van der Waals surface area contributed by atoms with E-state index in [0.29, 0.717) is 19.4 Å². The molecule has 0 spiro atoms. The van der Waals surface area contributed by atoms with Crippen molar-refractivity contribution in [1.82, 2.24) is 16.0 Å². The largest absolute Gasteiger partial charge is 0.445 e. The van der Waals surface area contributed by atoms with Crippen LogP contribution in [0, 0.1) is 6.92 Å². The molecule has 1 fully saturated rings. The number of carbonyl (C=O) groups is 3. The Hall–Kier alpha value is -2.57. The average molecular weight is 333 g/mol. The minimum Gasteiger partial charge on any atom is -0.445 e. The second kappa shape index (κ2) is 8.90. The van der Waals surface area contributed by atoms with E-state index in [0.717, 1.165) is 17.5 Å². The molecule has 1 aliphatic rings. The Morgan fingerprint density at radius 3 is 2.75 bits per heavy atom. The molecule has 1 aromatic rings. The molecule has 0 radical (unpaired) electrons. The van der Waals surface area contributed by atoms with E-state index in [2.05, 4.69) is 16.0 Å². The van der Waals surface area contributed by atoms with Crippen molar-refractivity contribution in [3.63, 3.8) is 0 Å². The van der Waals surface area contributed by atoms with Crippen LogP contribution in [0.1, 0.15) is 30.4 Å². The molecule has 1 heterocycles. The predicted octanol–water partition coefficient (Wildman–Crippen LogP) is 1.01. The van der Waals surface area contributed by atoms with Crippen LogP contribution in [0.2, 0.25) is 0 Å². The summed E-state index contributed by atoms with van der Waals surface area (Å²) in [5.41, 5.74) is 2.10. The minimum absolute atomic E-state index is 0.0453. The number of aryl methyl sites for hydroxylation is 1. The highest BCUT2D eigenvalue weighted by molar-refractivity contribution is 5.94. The van der Waals surface area contributed by atoms with E-state index in [9.17, 15) is 14.4 Å². The first-order valence-corrected chi connectivity index (χ1v) is 8.08. The summed E-state index contributed by atoms with van der Waals surface area (Å²) in [6.45, 7) is 2.75. The number of piperazine rings is 1. The van der Waals surface area contributed by atoms with E-state index in [-0.39, 0.29) is 25.0 Å². The number of hydrogen-bond donors (Lipinski definition) is 3. The van der Waals surface area contributed by atoms with Crippen molar-refractivity contribution in [3.05, 3.63) is 35.4 Å². The molecule has 0 aliphatic carbocycles. The Balaban J connectivity index is 1.55. The molecule has 0 aromatic heterocycles. The lowest BCUT2D eigenvalue weighted by Gasteiger charge is -2.22. The summed E-state index contributed by atoms with van der Waals surface area (Å²) in [5.74, 6) is -0.322. The lowest BCUT2D eigenvalue weighted by atomic mass is 10.1. The topological polar surface area (TPSA) is 96.5 Å². The summed E-state index contributed by atoms with van der Waals surface area (Å²) in [5, 5.41) is 7.85. The smallest absolute Gasteiger partial charge is 0.407 e. The van der Waals surface area contributed by atoms with E-state index >= 15 is 0 Å². The third kappa shape index (κ3) is 5.91. The highest BCUT2D eigenvalue weighted by Gasteiger charge is 2.24. The van der Waals surface area contributed by atoms with Gasteiger partial charge in [0.2, 0.25) is 11.8 Å². The summed E-state index contributed by atoms with van der Waals surface area (Å²) in [4.78, 5) is 34.3. The molecular weight excluding hydrogens is 310 g/mol. The van der Waals surface area contributed by atoms with Gasteiger partial charge in [0.1, 0.15) is 12.6 Å². The molecule has 1 atom stereocenters. The Kier molecular flexibility index (Phi) is 6.60. The maximum absolute atomic E-state index is 11.6. The summed E-state index contributed by atoms with van der Waals surface area (Å²) in [7, 11) is 0. The van der Waals surface area contributed by atoms with Crippen LogP contribution in [0.15, 0.2) is 24.3 Å². The number of carbonyl (C=O) groups excluding carboxylic acids is 3. The second-order valence-corrected chi connectivity index (χ2v) is 5.82. The van der Waals surface area contributed by atoms with Crippen LogP contribution in [0.4, 0.5) is 4.79 Å². The number of ether oxygens (including phenoxy) is 1. The van der Waals surface area contributed by atoms with Crippen molar-refractivity contribution in [2.45, 2.75) is 38.8 Å². The lowest BCUT2D eigenvalue weighted by molar-refractivity contribution is -0.133. The van der Waals surface area contributed by atoms with Crippen molar-refractivity contribution in [3.8, 4) is 0 Å². The number of amides is 3. The van der Waals surface area contributed by atoms with Crippen molar-refractivity contribution in [2.75, 3.05) is 13.1 Å². The molecular formula is C17H23N3O4. The molecule has 0 saturated carbocycles. The van der Waals surface area contributed by atoms with Gasteiger partial charge in [-0.15, -0.1) is 0 Å². The van der Waals surface area contributed by atoms with E-state index in [4.69, 9.17) is 4.74 Å². The number of unbranched alkanes of at least 4 members (excludes halogenated alkanes) is 1. The van der Waals surface area contributed by atoms with Crippen LogP contribution in [-0.4, -0.2) is 37.0 Å². The first-order chi connectivity index (χ1) is 11.5. The third-order valence-electron chi connectivity index (χ3n) is 3.75. The van der Waals surface area contributed by atoms with Crippen molar-refractivity contribution < 1.29 is 19.1 Å². The SMILES string of the molecule is Cc1ccc(COC(=O)NCCCCC2NC(=O)CNC2=O)cc1. The zero-order valence-corrected chi connectivity index (χ0v) is 13.8. The lowest BCUT2D eigenvalue weighted by Crippen LogP contribution is -2.56. The second-order valence-electron chi connectivity index (χ2n) is 5.82. The third-order valence-corrected chi connectivity index (χ3v) is 3.75. The van der Waals surface area contributed by atoms with Gasteiger partial charge in [-0.25, -0.2) is 4.79 Å². The van der Waals surface area contributed by atoms with Gasteiger partial charge in [0.25, 0.3) is 0 Å². The summed E-state index contributed by atoms with van der Waals surface area (Å²) in [6, 6.07) is 7.31. The molecule has 2 rings (SSSR count). The number of alkyl carbamates (subject to hydrolysis) is 1. The highest BCUT2D eigenvalue weighted by atomic mass is 16.5. The van der Waals surface area contributed by atoms with Gasteiger partial charge in [0.05, 0.1) is 6.54 Å². The van der Waals surface area contributed by atoms with E-state index < -0.39 is 12.1 Å². The molecule has 1 aliphatic heterocycles. The van der Waals surface area contributed by atoms with Crippen molar-refractivity contribution in [1.29, 1.82) is 0 Å². The fourth-order valence-electron chi connectivity index (χ4n) is 2.35. The molecule has 3 N–H and O–H groups in total. The molecule has 7 heteroatoms. The number of rotatable bonds is 7. The van der Waals surface area contributed by atoms with Crippen LogP contribution in [0.25, 0.3) is 0 Å². The first-order valence-electron chi connectivity index (χ1n) is 8.08. The van der Waals surface area contributed by atoms with Gasteiger partial charge in [-0.3, -0.25) is 9.59 Å².